The summed E-state index contributed by atoms with van der Waals surface area (Å²) >= 11 is 5.86. The molecule has 0 aliphatic carbocycles. The molecule has 0 atom stereocenters. The SMILES string of the molecule is CS(=O)(=O)CCCOc1cccc2c1ccn2-c1ccnc(Cl)n1. The number of benzene rings is 1. The zero-order chi connectivity index (χ0) is 17.2. The molecule has 0 bridgehead atoms. The van der Waals surface area contributed by atoms with Gasteiger partial charge < -0.3 is 9.30 Å². The van der Waals surface area contributed by atoms with Crippen LogP contribution in [-0.2, 0) is 9.84 Å². The highest BCUT2D eigenvalue weighted by atomic mass is 35.5. The minimum absolute atomic E-state index is 0.115. The number of sulfone groups is 1. The van der Waals surface area contributed by atoms with Crippen LogP contribution in [0.15, 0.2) is 42.7 Å². The Bertz CT molecular complexity index is 970. The molecule has 0 amide bonds. The highest BCUT2D eigenvalue weighted by Crippen LogP contribution is 2.28. The van der Waals surface area contributed by atoms with Crippen LogP contribution in [0.25, 0.3) is 16.7 Å². The van der Waals surface area contributed by atoms with Crippen LogP contribution in [0.2, 0.25) is 5.28 Å². The van der Waals surface area contributed by atoms with Crippen molar-refractivity contribution in [2.45, 2.75) is 6.42 Å². The summed E-state index contributed by atoms with van der Waals surface area (Å²) in [7, 11) is -2.97. The lowest BCUT2D eigenvalue weighted by Crippen LogP contribution is -2.08. The minimum atomic E-state index is -2.97. The summed E-state index contributed by atoms with van der Waals surface area (Å²) in [5, 5.41) is 1.11. The maximum absolute atomic E-state index is 11.2. The van der Waals surface area contributed by atoms with E-state index in [2.05, 4.69) is 9.97 Å². The Morgan fingerprint density at radius 1 is 1.25 bits per heavy atom. The van der Waals surface area contributed by atoms with E-state index in [9.17, 15) is 8.42 Å². The average Bonchev–Trinajstić information content (AvgIpc) is 2.95. The molecular formula is C16H16ClN3O3S. The van der Waals surface area contributed by atoms with Crippen molar-refractivity contribution in [3.8, 4) is 11.6 Å². The molecule has 0 aliphatic rings. The second-order valence-electron chi connectivity index (χ2n) is 5.39. The third-order valence-electron chi connectivity index (χ3n) is 3.47. The summed E-state index contributed by atoms with van der Waals surface area (Å²) in [6.07, 6.45) is 5.16. The van der Waals surface area contributed by atoms with Crippen molar-refractivity contribution in [1.29, 1.82) is 0 Å². The molecule has 3 aromatic rings. The van der Waals surface area contributed by atoms with Gasteiger partial charge in [0.2, 0.25) is 5.28 Å². The van der Waals surface area contributed by atoms with E-state index in [1.165, 1.54) is 6.26 Å². The summed E-state index contributed by atoms with van der Waals surface area (Å²) in [4.78, 5) is 8.09. The van der Waals surface area contributed by atoms with Gasteiger partial charge in [-0.25, -0.2) is 13.4 Å². The molecule has 2 aromatic heterocycles. The molecule has 126 valence electrons. The molecule has 8 heteroatoms. The van der Waals surface area contributed by atoms with Crippen LogP contribution in [0, 0.1) is 0 Å². The van der Waals surface area contributed by atoms with Gasteiger partial charge >= 0.3 is 0 Å². The number of halogens is 1. The highest BCUT2D eigenvalue weighted by Gasteiger charge is 2.10. The van der Waals surface area contributed by atoms with Gasteiger partial charge in [-0.15, -0.1) is 0 Å². The fourth-order valence-electron chi connectivity index (χ4n) is 2.43. The number of aromatic nitrogens is 3. The first kappa shape index (κ1) is 16.7. The zero-order valence-electron chi connectivity index (χ0n) is 13.0. The van der Waals surface area contributed by atoms with Crippen LogP contribution < -0.4 is 4.74 Å². The van der Waals surface area contributed by atoms with Crippen molar-refractivity contribution >= 4 is 32.3 Å². The number of hydrogen-bond acceptors (Lipinski definition) is 5. The molecule has 2 heterocycles. The van der Waals surface area contributed by atoms with Crippen LogP contribution in [0.5, 0.6) is 5.75 Å². The Morgan fingerprint density at radius 2 is 2.08 bits per heavy atom. The molecule has 24 heavy (non-hydrogen) atoms. The maximum Gasteiger partial charge on any atom is 0.224 e. The van der Waals surface area contributed by atoms with E-state index in [-0.39, 0.29) is 11.0 Å². The Labute approximate surface area is 145 Å². The second kappa shape index (κ2) is 6.78. The quantitative estimate of drug-likeness (QED) is 0.496. The second-order valence-corrected chi connectivity index (χ2v) is 7.99. The van der Waals surface area contributed by atoms with Gasteiger partial charge in [0.05, 0.1) is 17.9 Å². The average molecular weight is 366 g/mol. The first-order valence-electron chi connectivity index (χ1n) is 7.33. The fourth-order valence-corrected chi connectivity index (χ4v) is 3.21. The molecule has 0 spiro atoms. The topological polar surface area (TPSA) is 74.1 Å². The fraction of sp³-hybridized carbons (Fsp3) is 0.250. The van der Waals surface area contributed by atoms with E-state index >= 15 is 0 Å². The normalized spacial score (nSPS) is 11.8. The summed E-state index contributed by atoms with van der Waals surface area (Å²) < 4.78 is 30.0. The molecular weight excluding hydrogens is 350 g/mol. The van der Waals surface area contributed by atoms with Gasteiger partial charge in [0.1, 0.15) is 21.4 Å². The minimum Gasteiger partial charge on any atom is -0.493 e. The van der Waals surface area contributed by atoms with Crippen molar-refractivity contribution in [3.05, 3.63) is 48.0 Å². The summed E-state index contributed by atoms with van der Waals surface area (Å²) in [6.45, 7) is 0.344. The van der Waals surface area contributed by atoms with Crippen molar-refractivity contribution in [3.63, 3.8) is 0 Å². The van der Waals surface area contributed by atoms with Gasteiger partial charge in [-0.05, 0) is 42.3 Å². The third-order valence-corrected chi connectivity index (χ3v) is 4.68. The van der Waals surface area contributed by atoms with E-state index in [0.29, 0.717) is 24.6 Å². The lowest BCUT2D eigenvalue weighted by atomic mass is 10.2. The lowest BCUT2D eigenvalue weighted by Gasteiger charge is -2.08. The monoisotopic (exact) mass is 365 g/mol. The molecule has 1 aromatic carbocycles. The predicted molar refractivity (Wildman–Crippen MR) is 93.7 cm³/mol. The van der Waals surface area contributed by atoms with Crippen LogP contribution >= 0.6 is 11.6 Å². The molecule has 6 nitrogen and oxygen atoms in total. The van der Waals surface area contributed by atoms with Crippen LogP contribution in [0.3, 0.4) is 0 Å². The van der Waals surface area contributed by atoms with E-state index in [1.807, 2.05) is 35.0 Å². The Balaban J connectivity index is 1.84. The van der Waals surface area contributed by atoms with E-state index in [1.54, 1.807) is 12.3 Å². The van der Waals surface area contributed by atoms with Gasteiger partial charge in [-0.1, -0.05) is 6.07 Å². The van der Waals surface area contributed by atoms with Crippen molar-refractivity contribution < 1.29 is 13.2 Å². The lowest BCUT2D eigenvalue weighted by molar-refractivity contribution is 0.321. The summed E-state index contributed by atoms with van der Waals surface area (Å²) in [5.41, 5.74) is 0.922. The van der Waals surface area contributed by atoms with Crippen molar-refractivity contribution in [2.24, 2.45) is 0 Å². The molecule has 0 saturated carbocycles. The molecule has 0 unspecified atom stereocenters. The molecule has 3 rings (SSSR count). The Hall–Kier alpha value is -2.12. The predicted octanol–water partition coefficient (Wildman–Crippen LogP) is 2.89. The molecule has 0 fully saturated rings. The first-order valence-corrected chi connectivity index (χ1v) is 9.77. The first-order chi connectivity index (χ1) is 11.4. The Morgan fingerprint density at radius 3 is 2.83 bits per heavy atom. The molecule has 0 radical (unpaired) electrons. The van der Waals surface area contributed by atoms with Gasteiger partial charge in [0, 0.05) is 24.0 Å². The van der Waals surface area contributed by atoms with Crippen molar-refractivity contribution in [2.75, 3.05) is 18.6 Å². The van der Waals surface area contributed by atoms with Crippen LogP contribution in [0.1, 0.15) is 6.42 Å². The van der Waals surface area contributed by atoms with Crippen LogP contribution in [0.4, 0.5) is 0 Å². The molecule has 0 saturated heterocycles. The number of fused-ring (bicyclic) bond motifs is 1. The molecule has 0 N–H and O–H groups in total. The maximum atomic E-state index is 11.2. The van der Waals surface area contributed by atoms with Gasteiger partial charge in [-0.3, -0.25) is 0 Å². The smallest absolute Gasteiger partial charge is 0.224 e. The number of hydrogen-bond donors (Lipinski definition) is 0. The largest absolute Gasteiger partial charge is 0.493 e. The van der Waals surface area contributed by atoms with E-state index in [4.69, 9.17) is 16.3 Å². The zero-order valence-corrected chi connectivity index (χ0v) is 14.6. The van der Waals surface area contributed by atoms with E-state index in [0.717, 1.165) is 10.9 Å². The van der Waals surface area contributed by atoms with Gasteiger partial charge in [-0.2, -0.15) is 4.98 Å². The number of rotatable bonds is 6. The summed E-state index contributed by atoms with van der Waals surface area (Å²) in [5.74, 6) is 1.49. The summed E-state index contributed by atoms with van der Waals surface area (Å²) in [6, 6.07) is 9.39. The highest BCUT2D eigenvalue weighted by molar-refractivity contribution is 7.90. The third kappa shape index (κ3) is 3.85. The Kier molecular flexibility index (Phi) is 4.73. The number of ether oxygens (including phenoxy) is 1. The van der Waals surface area contributed by atoms with E-state index < -0.39 is 9.84 Å². The molecule has 0 aliphatic heterocycles. The van der Waals surface area contributed by atoms with Crippen molar-refractivity contribution in [1.82, 2.24) is 14.5 Å². The number of nitrogens with zero attached hydrogens (tertiary/aromatic N) is 3. The van der Waals surface area contributed by atoms with Crippen LogP contribution in [-0.4, -0.2) is 41.6 Å². The van der Waals surface area contributed by atoms with Gasteiger partial charge in [0.25, 0.3) is 0 Å². The standard InChI is InChI=1S/C16H16ClN3O3S/c1-24(21,22)11-3-10-23-14-5-2-4-13-12(14)7-9-20(13)15-6-8-18-16(17)19-15/h2,4-9H,3,10-11H2,1H3. The van der Waals surface area contributed by atoms with Gasteiger partial charge in [0.15, 0.2) is 0 Å².